The van der Waals surface area contributed by atoms with Crippen LogP contribution in [0.4, 0.5) is 5.69 Å². The molecule has 0 saturated heterocycles. The zero-order chi connectivity index (χ0) is 15.6. The van der Waals surface area contributed by atoms with Crippen molar-refractivity contribution in [3.8, 4) is 0 Å². The SMILES string of the molecule is Cc1nnc(S[C@H](C)C(=O)Nc2cc(Cl)cc(Cl)c2)n1N. The third-order valence-electron chi connectivity index (χ3n) is 2.62. The van der Waals surface area contributed by atoms with Gasteiger partial charge in [-0.3, -0.25) is 4.79 Å². The zero-order valence-corrected chi connectivity index (χ0v) is 13.6. The van der Waals surface area contributed by atoms with Crippen molar-refractivity contribution < 1.29 is 4.79 Å². The molecule has 112 valence electrons. The Bertz CT molecular complexity index is 655. The second-order valence-corrected chi connectivity index (χ2v) is 6.49. The predicted molar refractivity (Wildman–Crippen MR) is 85.3 cm³/mol. The molecule has 0 radical (unpaired) electrons. The smallest absolute Gasteiger partial charge is 0.237 e. The molecular formula is C12H13Cl2N5OS. The molecule has 0 aliphatic heterocycles. The molecule has 0 fully saturated rings. The van der Waals surface area contributed by atoms with Gasteiger partial charge in [-0.15, -0.1) is 10.2 Å². The Balaban J connectivity index is 2.04. The summed E-state index contributed by atoms with van der Waals surface area (Å²) in [5, 5.41) is 11.5. The third-order valence-corrected chi connectivity index (χ3v) is 4.11. The number of aromatic nitrogens is 3. The van der Waals surface area contributed by atoms with Crippen molar-refractivity contribution in [2.75, 3.05) is 11.2 Å². The van der Waals surface area contributed by atoms with Crippen LogP contribution in [0.5, 0.6) is 0 Å². The summed E-state index contributed by atoms with van der Waals surface area (Å²) in [4.78, 5) is 12.1. The highest BCUT2D eigenvalue weighted by Gasteiger charge is 2.18. The lowest BCUT2D eigenvalue weighted by Gasteiger charge is -2.11. The van der Waals surface area contributed by atoms with Gasteiger partial charge >= 0.3 is 0 Å². The number of aryl methyl sites for hydroxylation is 1. The van der Waals surface area contributed by atoms with Crippen LogP contribution in [0.2, 0.25) is 10.0 Å². The van der Waals surface area contributed by atoms with E-state index in [-0.39, 0.29) is 5.91 Å². The van der Waals surface area contributed by atoms with Crippen molar-refractivity contribution >= 4 is 46.6 Å². The number of carbonyl (C=O) groups is 1. The molecule has 2 aromatic rings. The number of anilines is 1. The van der Waals surface area contributed by atoms with Gasteiger partial charge < -0.3 is 11.2 Å². The van der Waals surface area contributed by atoms with E-state index in [4.69, 9.17) is 29.0 Å². The average Bonchev–Trinajstić information content (AvgIpc) is 2.69. The largest absolute Gasteiger partial charge is 0.336 e. The molecule has 9 heteroatoms. The number of amides is 1. The molecule has 1 aromatic carbocycles. The number of thioether (sulfide) groups is 1. The number of carbonyl (C=O) groups excluding carboxylic acids is 1. The highest BCUT2D eigenvalue weighted by molar-refractivity contribution is 8.00. The number of nitrogen functional groups attached to an aromatic ring is 1. The van der Waals surface area contributed by atoms with Crippen molar-refractivity contribution in [2.24, 2.45) is 0 Å². The minimum absolute atomic E-state index is 0.209. The first-order valence-corrected chi connectivity index (χ1v) is 7.61. The van der Waals surface area contributed by atoms with Gasteiger partial charge in [0.1, 0.15) is 5.82 Å². The minimum atomic E-state index is -0.409. The van der Waals surface area contributed by atoms with Gasteiger partial charge in [0, 0.05) is 15.7 Å². The van der Waals surface area contributed by atoms with E-state index in [0.717, 1.165) is 0 Å². The van der Waals surface area contributed by atoms with Crippen LogP contribution in [-0.2, 0) is 4.79 Å². The molecule has 0 aliphatic rings. The Morgan fingerprint density at radius 1 is 1.33 bits per heavy atom. The van der Waals surface area contributed by atoms with Crippen LogP contribution in [0, 0.1) is 6.92 Å². The van der Waals surface area contributed by atoms with E-state index in [1.54, 1.807) is 32.0 Å². The van der Waals surface area contributed by atoms with Crippen molar-refractivity contribution in [3.05, 3.63) is 34.1 Å². The molecule has 3 N–H and O–H groups in total. The number of nitrogens with two attached hydrogens (primary N) is 1. The van der Waals surface area contributed by atoms with E-state index in [1.165, 1.54) is 16.4 Å². The van der Waals surface area contributed by atoms with Crippen LogP contribution >= 0.6 is 35.0 Å². The lowest BCUT2D eigenvalue weighted by Crippen LogP contribution is -2.23. The first-order valence-electron chi connectivity index (χ1n) is 5.97. The summed E-state index contributed by atoms with van der Waals surface area (Å²) in [6, 6.07) is 4.84. The fourth-order valence-corrected chi connectivity index (χ4v) is 2.85. The van der Waals surface area contributed by atoms with Crippen molar-refractivity contribution in [1.82, 2.24) is 14.9 Å². The van der Waals surface area contributed by atoms with Gasteiger partial charge in [-0.05, 0) is 32.0 Å². The number of nitrogens with zero attached hydrogens (tertiary/aromatic N) is 3. The lowest BCUT2D eigenvalue weighted by atomic mass is 10.3. The molecule has 0 unspecified atom stereocenters. The number of nitrogens with one attached hydrogen (secondary N) is 1. The predicted octanol–water partition coefficient (Wildman–Crippen LogP) is 2.73. The van der Waals surface area contributed by atoms with Crippen LogP contribution in [0.1, 0.15) is 12.7 Å². The van der Waals surface area contributed by atoms with Crippen LogP contribution in [-0.4, -0.2) is 26.0 Å². The first-order chi connectivity index (χ1) is 9.86. The molecular weight excluding hydrogens is 333 g/mol. The summed E-state index contributed by atoms with van der Waals surface area (Å²) in [5.41, 5.74) is 0.537. The van der Waals surface area contributed by atoms with E-state index in [9.17, 15) is 4.79 Å². The maximum atomic E-state index is 12.1. The summed E-state index contributed by atoms with van der Waals surface area (Å²) >= 11 is 13.0. The highest BCUT2D eigenvalue weighted by Crippen LogP contribution is 2.25. The number of hydrogen-bond acceptors (Lipinski definition) is 5. The number of hydrogen-bond donors (Lipinski definition) is 2. The summed E-state index contributed by atoms with van der Waals surface area (Å²) in [6.45, 7) is 3.48. The van der Waals surface area contributed by atoms with Crippen molar-refractivity contribution in [2.45, 2.75) is 24.3 Å². The molecule has 1 heterocycles. The fourth-order valence-electron chi connectivity index (χ4n) is 1.51. The topological polar surface area (TPSA) is 85.8 Å². The maximum absolute atomic E-state index is 12.1. The van der Waals surface area contributed by atoms with Crippen LogP contribution in [0.25, 0.3) is 0 Å². The maximum Gasteiger partial charge on any atom is 0.237 e. The monoisotopic (exact) mass is 345 g/mol. The number of halogens is 2. The van der Waals surface area contributed by atoms with E-state index >= 15 is 0 Å². The van der Waals surface area contributed by atoms with E-state index in [0.29, 0.717) is 26.7 Å². The summed E-state index contributed by atoms with van der Waals surface area (Å²) in [7, 11) is 0. The fraction of sp³-hybridized carbons (Fsp3) is 0.250. The molecule has 0 saturated carbocycles. The number of benzene rings is 1. The van der Waals surface area contributed by atoms with Gasteiger partial charge in [-0.25, -0.2) is 4.68 Å². The lowest BCUT2D eigenvalue weighted by molar-refractivity contribution is -0.115. The van der Waals surface area contributed by atoms with E-state index < -0.39 is 5.25 Å². The Morgan fingerprint density at radius 3 is 2.48 bits per heavy atom. The molecule has 6 nitrogen and oxygen atoms in total. The van der Waals surface area contributed by atoms with Gasteiger partial charge in [-0.2, -0.15) is 0 Å². The zero-order valence-electron chi connectivity index (χ0n) is 11.3. The van der Waals surface area contributed by atoms with Gasteiger partial charge in [0.25, 0.3) is 0 Å². The molecule has 0 aliphatic carbocycles. The molecule has 0 spiro atoms. The first kappa shape index (κ1) is 15.9. The molecule has 1 atom stereocenters. The summed E-state index contributed by atoms with van der Waals surface area (Å²) in [6.07, 6.45) is 0. The van der Waals surface area contributed by atoms with Gasteiger partial charge in [0.05, 0.1) is 5.25 Å². The van der Waals surface area contributed by atoms with Gasteiger partial charge in [0.15, 0.2) is 0 Å². The second-order valence-electron chi connectivity index (χ2n) is 4.31. The van der Waals surface area contributed by atoms with Crippen LogP contribution in [0.3, 0.4) is 0 Å². The second kappa shape index (κ2) is 6.55. The Morgan fingerprint density at radius 2 is 1.95 bits per heavy atom. The molecule has 1 amide bonds. The number of rotatable bonds is 4. The Hall–Kier alpha value is -1.44. The van der Waals surface area contributed by atoms with E-state index in [2.05, 4.69) is 15.5 Å². The normalized spacial score (nSPS) is 12.2. The quantitative estimate of drug-likeness (QED) is 0.657. The van der Waals surface area contributed by atoms with Gasteiger partial charge in [0.2, 0.25) is 11.1 Å². The van der Waals surface area contributed by atoms with Gasteiger partial charge in [-0.1, -0.05) is 35.0 Å². The molecule has 21 heavy (non-hydrogen) atoms. The summed E-state index contributed by atoms with van der Waals surface area (Å²) in [5.74, 6) is 6.11. The van der Waals surface area contributed by atoms with Crippen LogP contribution < -0.4 is 11.2 Å². The van der Waals surface area contributed by atoms with Crippen molar-refractivity contribution in [3.63, 3.8) is 0 Å². The Labute approximate surface area is 136 Å². The Kier molecular flexibility index (Phi) is 4.97. The standard InChI is InChI=1S/C12H13Cl2N5OS/c1-6(21-12-18-17-7(2)19(12)15)11(20)16-10-4-8(13)3-9(14)5-10/h3-6H,15H2,1-2H3,(H,16,20)/t6-/m1/s1. The minimum Gasteiger partial charge on any atom is -0.336 e. The molecule has 2 rings (SSSR count). The summed E-state index contributed by atoms with van der Waals surface area (Å²) < 4.78 is 1.34. The molecule has 1 aromatic heterocycles. The highest BCUT2D eigenvalue weighted by atomic mass is 35.5. The molecule has 0 bridgehead atoms. The van der Waals surface area contributed by atoms with Crippen molar-refractivity contribution in [1.29, 1.82) is 0 Å². The average molecular weight is 346 g/mol. The van der Waals surface area contributed by atoms with E-state index in [1.807, 2.05) is 0 Å². The van der Waals surface area contributed by atoms with Crippen LogP contribution in [0.15, 0.2) is 23.4 Å². The third kappa shape index (κ3) is 4.03.